The van der Waals surface area contributed by atoms with Crippen molar-refractivity contribution in [3.05, 3.63) is 94.3 Å². The highest BCUT2D eigenvalue weighted by Gasteiger charge is 2.48. The van der Waals surface area contributed by atoms with E-state index in [2.05, 4.69) is 4.98 Å². The number of carbonyl (C=O) groups is 2. The van der Waals surface area contributed by atoms with Crippen LogP contribution in [0.2, 0.25) is 5.02 Å². The Morgan fingerprint density at radius 3 is 2.56 bits per heavy atom. The number of aliphatic hydroxyl groups excluding tert-OH is 1. The number of amides is 1. The topological polar surface area (TPSA) is 79.7 Å². The number of benzene rings is 2. The van der Waals surface area contributed by atoms with Gasteiger partial charge in [0.25, 0.3) is 11.7 Å². The molecule has 0 bridgehead atoms. The highest BCUT2D eigenvalue weighted by Crippen LogP contribution is 2.43. The summed E-state index contributed by atoms with van der Waals surface area (Å²) < 4.78 is 33.4. The van der Waals surface area contributed by atoms with Crippen molar-refractivity contribution in [2.45, 2.75) is 6.04 Å². The summed E-state index contributed by atoms with van der Waals surface area (Å²) in [5.74, 6) is -4.43. The van der Waals surface area contributed by atoms with Crippen molar-refractivity contribution in [3.8, 4) is 5.75 Å². The number of Topliss-reactive ketones (excluding diaryl/α,β-unsaturated/α-hetero) is 1. The molecule has 32 heavy (non-hydrogen) atoms. The van der Waals surface area contributed by atoms with Gasteiger partial charge in [-0.25, -0.2) is 8.78 Å². The number of halogens is 3. The molecular formula is C23H15ClF2N2O4. The molecule has 1 fully saturated rings. The summed E-state index contributed by atoms with van der Waals surface area (Å²) in [5, 5.41) is 11.4. The lowest BCUT2D eigenvalue weighted by atomic mass is 9.97. The van der Waals surface area contributed by atoms with E-state index in [1.54, 1.807) is 12.1 Å². The van der Waals surface area contributed by atoms with Crippen LogP contribution in [0, 0.1) is 11.6 Å². The number of ether oxygens (including phenoxy) is 1. The van der Waals surface area contributed by atoms with Crippen LogP contribution < -0.4 is 9.64 Å². The van der Waals surface area contributed by atoms with Crippen LogP contribution in [0.5, 0.6) is 5.75 Å². The minimum Gasteiger partial charge on any atom is -0.507 e. The van der Waals surface area contributed by atoms with E-state index in [0.717, 1.165) is 17.0 Å². The molecule has 1 aliphatic heterocycles. The summed E-state index contributed by atoms with van der Waals surface area (Å²) in [4.78, 5) is 31.1. The minimum atomic E-state index is -1.28. The Kier molecular flexibility index (Phi) is 5.63. The van der Waals surface area contributed by atoms with Gasteiger partial charge in [0, 0.05) is 17.3 Å². The van der Waals surface area contributed by atoms with E-state index in [1.165, 1.54) is 37.6 Å². The quantitative estimate of drug-likeness (QED) is 0.351. The highest BCUT2D eigenvalue weighted by molar-refractivity contribution is 6.51. The van der Waals surface area contributed by atoms with Gasteiger partial charge in [-0.15, -0.1) is 0 Å². The fourth-order valence-corrected chi connectivity index (χ4v) is 3.76. The third-order valence-electron chi connectivity index (χ3n) is 5.00. The average Bonchev–Trinajstić information content (AvgIpc) is 3.04. The fourth-order valence-electron chi connectivity index (χ4n) is 3.59. The summed E-state index contributed by atoms with van der Waals surface area (Å²) in [5.41, 5.74) is -0.407. The van der Waals surface area contributed by atoms with E-state index in [0.29, 0.717) is 6.07 Å². The summed E-state index contributed by atoms with van der Waals surface area (Å²) in [7, 11) is 1.36. The normalized spacial score (nSPS) is 17.6. The predicted octanol–water partition coefficient (Wildman–Crippen LogP) is 4.65. The third kappa shape index (κ3) is 3.58. The maximum Gasteiger partial charge on any atom is 0.300 e. The Balaban J connectivity index is 2.00. The van der Waals surface area contributed by atoms with E-state index in [4.69, 9.17) is 16.3 Å². The number of hydrogen-bond donors (Lipinski definition) is 1. The molecule has 1 atom stereocenters. The van der Waals surface area contributed by atoms with Crippen molar-refractivity contribution in [2.24, 2.45) is 0 Å². The monoisotopic (exact) mass is 456 g/mol. The molecule has 1 aliphatic rings. The molecule has 1 unspecified atom stereocenters. The number of rotatable bonds is 4. The summed E-state index contributed by atoms with van der Waals surface area (Å²) in [6.07, 6.45) is 1.43. The molecule has 1 amide bonds. The Bertz CT molecular complexity index is 1260. The molecule has 9 heteroatoms. The number of anilines is 1. The summed E-state index contributed by atoms with van der Waals surface area (Å²) >= 11 is 6.05. The first kappa shape index (κ1) is 21.5. The second kappa shape index (κ2) is 8.39. The van der Waals surface area contributed by atoms with E-state index >= 15 is 0 Å². The van der Waals surface area contributed by atoms with Gasteiger partial charge in [0.15, 0.2) is 0 Å². The molecule has 3 aromatic rings. The lowest BCUT2D eigenvalue weighted by molar-refractivity contribution is -0.132. The smallest absolute Gasteiger partial charge is 0.300 e. The van der Waals surface area contributed by atoms with Gasteiger partial charge in [0.05, 0.1) is 29.6 Å². The van der Waals surface area contributed by atoms with E-state index in [9.17, 15) is 23.5 Å². The van der Waals surface area contributed by atoms with E-state index in [1.807, 2.05) is 0 Å². The maximum absolute atomic E-state index is 14.6. The summed E-state index contributed by atoms with van der Waals surface area (Å²) in [6, 6.07) is 10.5. The number of carbonyl (C=O) groups excluding carboxylic acids is 2. The van der Waals surface area contributed by atoms with E-state index < -0.39 is 35.1 Å². The van der Waals surface area contributed by atoms with Crippen LogP contribution in [0.4, 0.5) is 14.5 Å². The fraction of sp³-hybridized carbons (Fsp3) is 0.0870. The van der Waals surface area contributed by atoms with Crippen LogP contribution in [0.25, 0.3) is 5.76 Å². The Morgan fingerprint density at radius 1 is 1.12 bits per heavy atom. The van der Waals surface area contributed by atoms with Crippen LogP contribution in [0.3, 0.4) is 0 Å². The van der Waals surface area contributed by atoms with Gasteiger partial charge < -0.3 is 9.84 Å². The zero-order chi connectivity index (χ0) is 23.0. The van der Waals surface area contributed by atoms with Gasteiger partial charge in [-0.1, -0.05) is 17.7 Å². The Labute approximate surface area is 186 Å². The first-order chi connectivity index (χ1) is 15.3. The minimum absolute atomic E-state index is 0.0681. The largest absolute Gasteiger partial charge is 0.507 e. The number of aromatic nitrogens is 1. The van der Waals surface area contributed by atoms with Crippen molar-refractivity contribution in [2.75, 3.05) is 12.0 Å². The average molecular weight is 457 g/mol. The maximum atomic E-state index is 14.6. The van der Waals surface area contributed by atoms with Gasteiger partial charge in [-0.2, -0.15) is 0 Å². The molecule has 1 N–H and O–H groups in total. The molecule has 0 radical (unpaired) electrons. The second-order valence-electron chi connectivity index (χ2n) is 6.86. The molecule has 0 aliphatic carbocycles. The molecule has 2 aromatic carbocycles. The van der Waals surface area contributed by atoms with E-state index in [-0.39, 0.29) is 33.3 Å². The SMILES string of the molecule is COc1ccc(Cl)cc1/C(O)=C1\C(=O)C(=O)N(c2ccc(F)cc2F)C1c1ccccn1. The van der Waals surface area contributed by atoms with Crippen molar-refractivity contribution in [1.29, 1.82) is 0 Å². The van der Waals surface area contributed by atoms with Gasteiger partial charge in [-0.05, 0) is 42.5 Å². The van der Waals surface area contributed by atoms with Crippen molar-refractivity contribution in [3.63, 3.8) is 0 Å². The Hall–Kier alpha value is -3.78. The zero-order valence-electron chi connectivity index (χ0n) is 16.6. The molecular weight excluding hydrogens is 442 g/mol. The first-order valence-corrected chi connectivity index (χ1v) is 9.72. The Morgan fingerprint density at radius 2 is 1.91 bits per heavy atom. The van der Waals surface area contributed by atoms with Gasteiger partial charge in [0.2, 0.25) is 0 Å². The number of nitrogens with zero attached hydrogens (tertiary/aromatic N) is 2. The number of ketones is 1. The molecule has 6 nitrogen and oxygen atoms in total. The number of methoxy groups -OCH3 is 1. The predicted molar refractivity (Wildman–Crippen MR) is 113 cm³/mol. The van der Waals surface area contributed by atoms with Crippen LogP contribution in [0.15, 0.2) is 66.4 Å². The summed E-state index contributed by atoms with van der Waals surface area (Å²) in [6.45, 7) is 0. The first-order valence-electron chi connectivity index (χ1n) is 9.34. The lowest BCUT2D eigenvalue weighted by Crippen LogP contribution is -2.30. The number of hydrogen-bond acceptors (Lipinski definition) is 5. The third-order valence-corrected chi connectivity index (χ3v) is 5.23. The molecule has 1 saturated heterocycles. The highest BCUT2D eigenvalue weighted by atomic mass is 35.5. The van der Waals surface area contributed by atoms with Crippen molar-refractivity contribution in [1.82, 2.24) is 4.98 Å². The van der Waals surface area contributed by atoms with Crippen LogP contribution >= 0.6 is 11.6 Å². The van der Waals surface area contributed by atoms with Gasteiger partial charge >= 0.3 is 0 Å². The molecule has 1 aromatic heterocycles. The van der Waals surface area contributed by atoms with Crippen molar-refractivity contribution < 1.29 is 28.2 Å². The van der Waals surface area contributed by atoms with Crippen molar-refractivity contribution >= 4 is 34.7 Å². The van der Waals surface area contributed by atoms with Crippen LogP contribution in [-0.4, -0.2) is 28.9 Å². The molecule has 2 heterocycles. The zero-order valence-corrected chi connectivity index (χ0v) is 17.3. The standard InChI is InChI=1S/C23H15ClF2N2O4/c1-32-18-8-5-12(24)10-14(18)21(29)19-20(16-4-2-3-9-27-16)28(23(31)22(19)30)17-7-6-13(25)11-15(17)26/h2-11,20,29H,1H3/b21-19+. The lowest BCUT2D eigenvalue weighted by Gasteiger charge is -2.25. The van der Waals surface area contributed by atoms with Gasteiger partial charge in [-0.3, -0.25) is 19.5 Å². The number of pyridine rings is 1. The molecule has 0 spiro atoms. The molecule has 4 rings (SSSR count). The number of aliphatic hydroxyl groups is 1. The van der Waals surface area contributed by atoms with Crippen LogP contribution in [-0.2, 0) is 9.59 Å². The second-order valence-corrected chi connectivity index (χ2v) is 7.30. The van der Waals surface area contributed by atoms with Crippen LogP contribution in [0.1, 0.15) is 17.3 Å². The molecule has 0 saturated carbocycles. The molecule has 162 valence electrons. The van der Waals surface area contributed by atoms with Gasteiger partial charge in [0.1, 0.15) is 29.2 Å².